The second-order valence-corrected chi connectivity index (χ2v) is 11.6. The number of fused-ring (bicyclic) bond motifs is 1. The maximum atomic E-state index is 5.24. The Hall–Kier alpha value is -5.78. The van der Waals surface area contributed by atoms with Crippen LogP contribution < -0.4 is 16.0 Å². The fourth-order valence-corrected chi connectivity index (χ4v) is 6.25. The van der Waals surface area contributed by atoms with Crippen LogP contribution in [-0.4, -0.2) is 17.4 Å². The lowest BCUT2D eigenvalue weighted by molar-refractivity contribution is 0.409. The maximum Gasteiger partial charge on any atom is 0.131 e. The van der Waals surface area contributed by atoms with E-state index in [1.165, 1.54) is 16.7 Å². The molecule has 8 rings (SSSR count). The second kappa shape index (κ2) is 12.3. The van der Waals surface area contributed by atoms with Crippen molar-refractivity contribution in [3.05, 3.63) is 174 Å². The summed E-state index contributed by atoms with van der Waals surface area (Å²) in [4.78, 5) is 9.97. The summed E-state index contributed by atoms with van der Waals surface area (Å²) in [7, 11) is 0. The minimum absolute atomic E-state index is 0.153. The molecule has 0 amide bonds. The molecule has 2 unspecified atom stereocenters. The van der Waals surface area contributed by atoms with Crippen LogP contribution in [0.15, 0.2) is 157 Å². The van der Waals surface area contributed by atoms with E-state index >= 15 is 0 Å². The van der Waals surface area contributed by atoms with Crippen molar-refractivity contribution in [2.24, 2.45) is 4.99 Å². The molecule has 2 aliphatic rings. The van der Waals surface area contributed by atoms with E-state index < -0.39 is 0 Å². The van der Waals surface area contributed by atoms with Gasteiger partial charge >= 0.3 is 0 Å². The number of aromatic nitrogens is 1. The lowest BCUT2D eigenvalue weighted by Gasteiger charge is -2.32. The van der Waals surface area contributed by atoms with Gasteiger partial charge in [-0.3, -0.25) is 10.3 Å². The largest absolute Gasteiger partial charge is 0.381 e. The number of nitrogens with zero attached hydrogens (tertiary/aromatic N) is 2. The van der Waals surface area contributed by atoms with Crippen molar-refractivity contribution in [1.29, 1.82) is 0 Å². The highest BCUT2D eigenvalue weighted by Gasteiger charge is 2.26. The maximum absolute atomic E-state index is 5.24. The van der Waals surface area contributed by atoms with Crippen molar-refractivity contribution in [3.63, 3.8) is 0 Å². The van der Waals surface area contributed by atoms with Gasteiger partial charge in [0.25, 0.3) is 0 Å². The number of aliphatic imine (C=N–C) groups is 1. The van der Waals surface area contributed by atoms with E-state index in [-0.39, 0.29) is 12.3 Å². The Labute approximate surface area is 269 Å². The fourth-order valence-electron chi connectivity index (χ4n) is 6.25. The molecule has 46 heavy (non-hydrogen) atoms. The molecule has 3 heterocycles. The molecule has 0 fully saturated rings. The Morgan fingerprint density at radius 1 is 0.565 bits per heavy atom. The molecule has 5 nitrogen and oxygen atoms in total. The second-order valence-electron chi connectivity index (χ2n) is 11.6. The molecule has 0 saturated carbocycles. The molecule has 0 bridgehead atoms. The van der Waals surface area contributed by atoms with Gasteiger partial charge < -0.3 is 10.6 Å². The fraction of sp³-hybridized carbons (Fsp3) is 0.0732. The number of anilines is 1. The van der Waals surface area contributed by atoms with Crippen molar-refractivity contribution in [2.75, 3.05) is 11.9 Å². The Morgan fingerprint density at radius 3 is 2.00 bits per heavy atom. The van der Waals surface area contributed by atoms with Gasteiger partial charge in [-0.1, -0.05) is 133 Å². The summed E-state index contributed by atoms with van der Waals surface area (Å²) < 4.78 is 0. The van der Waals surface area contributed by atoms with Crippen LogP contribution in [0.5, 0.6) is 0 Å². The van der Waals surface area contributed by atoms with Crippen LogP contribution in [0.3, 0.4) is 0 Å². The topological polar surface area (TPSA) is 61.3 Å². The van der Waals surface area contributed by atoms with Gasteiger partial charge in [0.1, 0.15) is 18.2 Å². The molecule has 5 aromatic carbocycles. The van der Waals surface area contributed by atoms with Gasteiger partial charge in [-0.25, -0.2) is 4.99 Å². The van der Waals surface area contributed by atoms with Gasteiger partial charge in [0.15, 0.2) is 0 Å². The third kappa shape index (κ3) is 5.60. The Bertz CT molecular complexity index is 2050. The van der Waals surface area contributed by atoms with E-state index in [9.17, 15) is 0 Å². The Kier molecular flexibility index (Phi) is 7.43. The lowest BCUT2D eigenvalue weighted by atomic mass is 9.99. The van der Waals surface area contributed by atoms with E-state index in [2.05, 4.69) is 155 Å². The molecule has 2 atom stereocenters. The number of pyridine rings is 1. The first-order chi connectivity index (χ1) is 22.8. The first-order valence-electron chi connectivity index (χ1n) is 15.7. The van der Waals surface area contributed by atoms with Crippen LogP contribution in [0.25, 0.3) is 39.6 Å². The van der Waals surface area contributed by atoms with Gasteiger partial charge in [0.2, 0.25) is 0 Å². The van der Waals surface area contributed by atoms with Crippen LogP contribution in [0, 0.1) is 0 Å². The first kappa shape index (κ1) is 27.7. The average molecular weight is 596 g/mol. The molecule has 0 spiro atoms. The molecule has 5 heteroatoms. The standard InChI is InChI=1S/C41H33N5/c1-3-10-28(11-4-1)32-14-7-16-34(26-32)40-44-39(45-41(46-40)35-17-8-15-33(27-35)29-12-5-2-6-13-29)31-21-19-30(20-22-31)38-36-18-9-24-42-37(36)23-25-43-38/h1-23,25-27,39-40,42,44H,24H2,(H,45,46). The van der Waals surface area contributed by atoms with E-state index in [1.54, 1.807) is 0 Å². The number of amidine groups is 1. The lowest BCUT2D eigenvalue weighted by Crippen LogP contribution is -2.45. The number of nitrogens with one attached hydrogen (secondary N) is 3. The smallest absolute Gasteiger partial charge is 0.131 e. The summed E-state index contributed by atoms with van der Waals surface area (Å²) >= 11 is 0. The first-order valence-corrected chi connectivity index (χ1v) is 15.7. The normalized spacial score (nSPS) is 16.9. The van der Waals surface area contributed by atoms with Gasteiger partial charge in [0.05, 0.1) is 5.69 Å². The number of benzene rings is 5. The molecule has 222 valence electrons. The monoisotopic (exact) mass is 595 g/mol. The third-order valence-corrected chi connectivity index (χ3v) is 8.62. The predicted molar refractivity (Wildman–Crippen MR) is 189 cm³/mol. The highest BCUT2D eigenvalue weighted by Crippen LogP contribution is 2.33. The summed E-state index contributed by atoms with van der Waals surface area (Å²) in [5, 5.41) is 11.0. The number of hydrogen-bond donors (Lipinski definition) is 3. The molecule has 1 aromatic heterocycles. The number of hydrogen-bond acceptors (Lipinski definition) is 5. The van der Waals surface area contributed by atoms with Gasteiger partial charge in [-0.15, -0.1) is 0 Å². The zero-order valence-electron chi connectivity index (χ0n) is 25.3. The minimum Gasteiger partial charge on any atom is -0.381 e. The summed E-state index contributed by atoms with van der Waals surface area (Å²) in [6.07, 6.45) is 5.76. The van der Waals surface area contributed by atoms with E-state index in [0.29, 0.717) is 0 Å². The van der Waals surface area contributed by atoms with Gasteiger partial charge in [-0.2, -0.15) is 0 Å². The van der Waals surface area contributed by atoms with Gasteiger partial charge in [-0.05, 0) is 51.6 Å². The highest BCUT2D eigenvalue weighted by atomic mass is 15.3. The van der Waals surface area contributed by atoms with Gasteiger partial charge in [0, 0.05) is 35.1 Å². The van der Waals surface area contributed by atoms with Crippen molar-refractivity contribution < 1.29 is 0 Å². The van der Waals surface area contributed by atoms with E-state index in [4.69, 9.17) is 9.98 Å². The molecule has 6 aromatic rings. The van der Waals surface area contributed by atoms with E-state index in [1.807, 2.05) is 18.3 Å². The van der Waals surface area contributed by atoms with E-state index in [0.717, 1.165) is 57.1 Å². The van der Waals surface area contributed by atoms with Crippen molar-refractivity contribution >= 4 is 17.6 Å². The van der Waals surface area contributed by atoms with Crippen LogP contribution in [-0.2, 0) is 0 Å². The number of rotatable bonds is 6. The predicted octanol–water partition coefficient (Wildman–Crippen LogP) is 8.86. The molecular formula is C41H33N5. The van der Waals surface area contributed by atoms with Crippen LogP contribution in [0.1, 0.15) is 34.6 Å². The highest BCUT2D eigenvalue weighted by molar-refractivity contribution is 6.00. The van der Waals surface area contributed by atoms with Crippen LogP contribution in [0.2, 0.25) is 0 Å². The van der Waals surface area contributed by atoms with Crippen LogP contribution in [0.4, 0.5) is 5.69 Å². The summed E-state index contributed by atoms with van der Waals surface area (Å²) in [6.45, 7) is 0.834. The quantitative estimate of drug-likeness (QED) is 0.180. The SMILES string of the molecule is C1=Cc2c(ccnc2-c2ccc(C3N=C(c4cccc(-c5ccccc5)c4)NC(c4cccc(-c5ccccc5)c4)N3)cc2)NC1. The zero-order valence-corrected chi connectivity index (χ0v) is 25.3. The molecule has 0 aliphatic carbocycles. The molecule has 3 N–H and O–H groups in total. The Morgan fingerprint density at radius 2 is 1.24 bits per heavy atom. The van der Waals surface area contributed by atoms with Crippen molar-refractivity contribution in [1.82, 2.24) is 15.6 Å². The molecular weight excluding hydrogens is 562 g/mol. The Balaban J connectivity index is 1.16. The van der Waals surface area contributed by atoms with Crippen molar-refractivity contribution in [3.8, 4) is 33.5 Å². The zero-order chi connectivity index (χ0) is 30.7. The molecule has 0 saturated heterocycles. The average Bonchev–Trinajstić information content (AvgIpc) is 3.15. The molecule has 2 aliphatic heterocycles. The molecule has 0 radical (unpaired) electrons. The van der Waals surface area contributed by atoms with Crippen LogP contribution >= 0.6 is 0 Å². The summed E-state index contributed by atoms with van der Waals surface area (Å²) in [5.74, 6) is 0.857. The van der Waals surface area contributed by atoms with Crippen molar-refractivity contribution in [2.45, 2.75) is 12.3 Å². The third-order valence-electron chi connectivity index (χ3n) is 8.62. The summed E-state index contributed by atoms with van der Waals surface area (Å²) in [5.41, 5.74) is 12.3. The minimum atomic E-state index is -0.254. The summed E-state index contributed by atoms with van der Waals surface area (Å²) in [6, 6.07) is 49.0.